The minimum absolute atomic E-state index is 0.0734. The molecular formula is C9H18N2O3S. The third-order valence-electron chi connectivity index (χ3n) is 3.16. The molecule has 2 rings (SSSR count). The number of piperazine rings is 1. The maximum Gasteiger partial charge on any atom is 0.154 e. The second-order valence-corrected chi connectivity index (χ2v) is 6.72. The van der Waals surface area contributed by atoms with E-state index in [-0.39, 0.29) is 17.5 Å². The molecule has 0 bridgehead atoms. The van der Waals surface area contributed by atoms with E-state index in [4.69, 9.17) is 0 Å². The SMILES string of the molecule is CC1CN(C2CS(=O)(=O)CC2O)CCN1. The lowest BCUT2D eigenvalue weighted by molar-refractivity contribution is 0.0655. The van der Waals surface area contributed by atoms with Gasteiger partial charge in [0.05, 0.1) is 23.7 Å². The van der Waals surface area contributed by atoms with Crippen molar-refractivity contribution in [2.24, 2.45) is 0 Å². The lowest BCUT2D eigenvalue weighted by Crippen LogP contribution is -2.55. The van der Waals surface area contributed by atoms with Crippen molar-refractivity contribution in [1.29, 1.82) is 0 Å². The second-order valence-electron chi connectivity index (χ2n) is 4.56. The molecule has 6 heteroatoms. The number of nitrogens with one attached hydrogen (secondary N) is 1. The highest BCUT2D eigenvalue weighted by molar-refractivity contribution is 7.91. The predicted octanol–water partition coefficient (Wildman–Crippen LogP) is -1.56. The molecule has 5 nitrogen and oxygen atoms in total. The zero-order chi connectivity index (χ0) is 11.1. The van der Waals surface area contributed by atoms with Crippen LogP contribution in [0.15, 0.2) is 0 Å². The molecule has 0 aromatic heterocycles. The first-order valence-electron chi connectivity index (χ1n) is 5.34. The van der Waals surface area contributed by atoms with E-state index >= 15 is 0 Å². The molecule has 0 saturated carbocycles. The first-order chi connectivity index (χ1) is 6.98. The van der Waals surface area contributed by atoms with Crippen molar-refractivity contribution in [1.82, 2.24) is 10.2 Å². The van der Waals surface area contributed by atoms with E-state index in [1.54, 1.807) is 0 Å². The molecule has 2 saturated heterocycles. The predicted molar refractivity (Wildman–Crippen MR) is 57.5 cm³/mol. The van der Waals surface area contributed by atoms with Crippen molar-refractivity contribution >= 4 is 9.84 Å². The number of rotatable bonds is 1. The quantitative estimate of drug-likeness (QED) is 0.574. The molecule has 0 spiro atoms. The van der Waals surface area contributed by atoms with Crippen LogP contribution in [0.3, 0.4) is 0 Å². The fraction of sp³-hybridized carbons (Fsp3) is 1.00. The van der Waals surface area contributed by atoms with Gasteiger partial charge < -0.3 is 10.4 Å². The Labute approximate surface area is 90.4 Å². The Balaban J connectivity index is 2.04. The lowest BCUT2D eigenvalue weighted by atomic mass is 10.1. The van der Waals surface area contributed by atoms with Crippen molar-refractivity contribution in [2.45, 2.75) is 25.1 Å². The van der Waals surface area contributed by atoms with Gasteiger partial charge in [-0.25, -0.2) is 8.42 Å². The van der Waals surface area contributed by atoms with E-state index < -0.39 is 15.9 Å². The molecule has 0 amide bonds. The van der Waals surface area contributed by atoms with Gasteiger partial charge in [-0.3, -0.25) is 4.90 Å². The van der Waals surface area contributed by atoms with E-state index in [2.05, 4.69) is 17.1 Å². The highest BCUT2D eigenvalue weighted by Gasteiger charge is 2.40. The third-order valence-corrected chi connectivity index (χ3v) is 4.86. The number of hydrogen-bond acceptors (Lipinski definition) is 5. The molecule has 0 radical (unpaired) electrons. The fourth-order valence-corrected chi connectivity index (χ4v) is 4.25. The van der Waals surface area contributed by atoms with Crippen LogP contribution in [0.25, 0.3) is 0 Å². The minimum Gasteiger partial charge on any atom is -0.390 e. The van der Waals surface area contributed by atoms with Crippen molar-refractivity contribution in [3.8, 4) is 0 Å². The maximum atomic E-state index is 11.4. The first kappa shape index (κ1) is 11.3. The molecule has 3 unspecified atom stereocenters. The topological polar surface area (TPSA) is 69.6 Å². The van der Waals surface area contributed by atoms with Crippen LogP contribution in [0.4, 0.5) is 0 Å². The van der Waals surface area contributed by atoms with E-state index in [1.807, 2.05) is 0 Å². The molecule has 15 heavy (non-hydrogen) atoms. The van der Waals surface area contributed by atoms with Gasteiger partial charge in [-0.1, -0.05) is 0 Å². The van der Waals surface area contributed by atoms with Crippen molar-refractivity contribution < 1.29 is 13.5 Å². The summed E-state index contributed by atoms with van der Waals surface area (Å²) in [6, 6.07) is 0.175. The molecule has 0 aromatic rings. The molecule has 2 N–H and O–H groups in total. The van der Waals surface area contributed by atoms with Gasteiger partial charge in [0.15, 0.2) is 9.84 Å². The molecule has 3 atom stereocenters. The van der Waals surface area contributed by atoms with Crippen molar-refractivity contribution in [2.75, 3.05) is 31.1 Å². The van der Waals surface area contributed by atoms with E-state index in [9.17, 15) is 13.5 Å². The molecule has 2 aliphatic heterocycles. The summed E-state index contributed by atoms with van der Waals surface area (Å²) in [4.78, 5) is 2.09. The Morgan fingerprint density at radius 2 is 2.13 bits per heavy atom. The standard InChI is InChI=1S/C9H18N2O3S/c1-7-4-11(3-2-10-7)8-5-15(13,14)6-9(8)12/h7-10,12H,2-6H2,1H3. The molecule has 0 aliphatic carbocycles. The zero-order valence-corrected chi connectivity index (χ0v) is 9.70. The Morgan fingerprint density at radius 3 is 2.67 bits per heavy atom. The summed E-state index contributed by atoms with van der Waals surface area (Å²) >= 11 is 0. The number of nitrogens with zero attached hydrogens (tertiary/aromatic N) is 1. The normalized spacial score (nSPS) is 41.9. The van der Waals surface area contributed by atoms with Gasteiger partial charge in [0.25, 0.3) is 0 Å². The van der Waals surface area contributed by atoms with Gasteiger partial charge in [0.2, 0.25) is 0 Å². The van der Waals surface area contributed by atoms with Crippen LogP contribution in [0.2, 0.25) is 0 Å². The largest absolute Gasteiger partial charge is 0.390 e. The minimum atomic E-state index is -3.02. The van der Waals surface area contributed by atoms with E-state index in [1.165, 1.54) is 0 Å². The maximum absolute atomic E-state index is 11.4. The fourth-order valence-electron chi connectivity index (χ4n) is 2.42. The van der Waals surface area contributed by atoms with Crippen molar-refractivity contribution in [3.05, 3.63) is 0 Å². The van der Waals surface area contributed by atoms with Gasteiger partial charge in [-0.2, -0.15) is 0 Å². The summed E-state index contributed by atoms with van der Waals surface area (Å²) in [7, 11) is -3.02. The summed E-state index contributed by atoms with van der Waals surface area (Å²) < 4.78 is 22.7. The van der Waals surface area contributed by atoms with Gasteiger partial charge >= 0.3 is 0 Å². The van der Waals surface area contributed by atoms with Gasteiger partial charge in [-0.15, -0.1) is 0 Å². The smallest absolute Gasteiger partial charge is 0.154 e. The highest BCUT2D eigenvalue weighted by Crippen LogP contribution is 2.19. The van der Waals surface area contributed by atoms with E-state index in [0.717, 1.165) is 19.6 Å². The summed E-state index contributed by atoms with van der Waals surface area (Å²) in [5, 5.41) is 13.0. The van der Waals surface area contributed by atoms with Crippen LogP contribution >= 0.6 is 0 Å². The Bertz CT molecular complexity index is 330. The summed E-state index contributed by atoms with van der Waals surface area (Å²) in [5.74, 6) is 0.0386. The monoisotopic (exact) mass is 234 g/mol. The number of hydrogen-bond donors (Lipinski definition) is 2. The highest BCUT2D eigenvalue weighted by atomic mass is 32.2. The third kappa shape index (κ3) is 2.50. The molecular weight excluding hydrogens is 216 g/mol. The van der Waals surface area contributed by atoms with Crippen LogP contribution in [-0.4, -0.2) is 67.8 Å². The first-order valence-corrected chi connectivity index (χ1v) is 7.16. The molecule has 2 heterocycles. The van der Waals surface area contributed by atoms with E-state index in [0.29, 0.717) is 6.04 Å². The molecule has 88 valence electrons. The van der Waals surface area contributed by atoms with Gasteiger partial charge in [0, 0.05) is 25.7 Å². The second kappa shape index (κ2) is 4.01. The van der Waals surface area contributed by atoms with Crippen LogP contribution in [0.5, 0.6) is 0 Å². The summed E-state index contributed by atoms with van der Waals surface area (Å²) in [6.45, 7) is 4.57. The molecule has 0 aromatic carbocycles. The average molecular weight is 234 g/mol. The van der Waals surface area contributed by atoms with Crippen LogP contribution in [-0.2, 0) is 9.84 Å². The number of aliphatic hydroxyl groups excluding tert-OH is 1. The Morgan fingerprint density at radius 1 is 1.40 bits per heavy atom. The molecule has 2 aliphatic rings. The Hall–Kier alpha value is -0.170. The van der Waals surface area contributed by atoms with Crippen LogP contribution in [0, 0.1) is 0 Å². The zero-order valence-electron chi connectivity index (χ0n) is 8.89. The summed E-state index contributed by atoms with van der Waals surface area (Å²) in [5.41, 5.74) is 0. The molecule has 2 fully saturated rings. The van der Waals surface area contributed by atoms with Crippen LogP contribution in [0.1, 0.15) is 6.92 Å². The van der Waals surface area contributed by atoms with Gasteiger partial charge in [-0.05, 0) is 6.92 Å². The number of sulfone groups is 1. The van der Waals surface area contributed by atoms with Gasteiger partial charge in [0.1, 0.15) is 0 Å². The lowest BCUT2D eigenvalue weighted by Gasteiger charge is -2.36. The summed E-state index contributed by atoms with van der Waals surface area (Å²) in [6.07, 6.45) is -0.708. The van der Waals surface area contributed by atoms with Crippen LogP contribution < -0.4 is 5.32 Å². The Kier molecular flexibility index (Phi) is 3.03. The number of aliphatic hydroxyl groups is 1. The average Bonchev–Trinajstić information content (AvgIpc) is 2.40. The van der Waals surface area contributed by atoms with Crippen molar-refractivity contribution in [3.63, 3.8) is 0 Å².